The zero-order chi connectivity index (χ0) is 13.7. The highest BCUT2D eigenvalue weighted by Gasteiger charge is 2.29. The molecule has 0 spiro atoms. The summed E-state index contributed by atoms with van der Waals surface area (Å²) < 4.78 is 5.16. The summed E-state index contributed by atoms with van der Waals surface area (Å²) in [5.41, 5.74) is 2.02. The molecule has 1 aliphatic carbocycles. The minimum atomic E-state index is -0.926. The number of carbonyl (C=O) groups is 1. The summed E-state index contributed by atoms with van der Waals surface area (Å²) in [7, 11) is 1.70. The van der Waals surface area contributed by atoms with Crippen molar-refractivity contribution < 1.29 is 14.6 Å². The Labute approximate surface area is 113 Å². The van der Waals surface area contributed by atoms with E-state index in [-0.39, 0.29) is 0 Å². The van der Waals surface area contributed by atoms with Crippen molar-refractivity contribution in [3.05, 3.63) is 35.9 Å². The summed E-state index contributed by atoms with van der Waals surface area (Å²) >= 11 is 0. The molecular formula is C15H19NO3. The second-order valence-corrected chi connectivity index (χ2v) is 4.65. The van der Waals surface area contributed by atoms with E-state index in [4.69, 9.17) is 9.84 Å². The Kier molecular flexibility index (Phi) is 4.58. The van der Waals surface area contributed by atoms with Crippen molar-refractivity contribution in [1.82, 2.24) is 0 Å². The molecule has 1 aromatic carbocycles. The van der Waals surface area contributed by atoms with E-state index >= 15 is 0 Å². The predicted molar refractivity (Wildman–Crippen MR) is 75.4 cm³/mol. The number of hydrogen-bond donors (Lipinski definition) is 1. The summed E-state index contributed by atoms with van der Waals surface area (Å²) in [5, 5.41) is 8.75. The van der Waals surface area contributed by atoms with Crippen molar-refractivity contribution in [2.75, 3.05) is 25.2 Å². The van der Waals surface area contributed by atoms with Crippen molar-refractivity contribution in [1.29, 1.82) is 0 Å². The number of carboxylic acids is 1. The molecule has 4 heteroatoms. The smallest absolute Gasteiger partial charge is 0.328 e. The quantitative estimate of drug-likeness (QED) is 0.766. The average molecular weight is 261 g/mol. The van der Waals surface area contributed by atoms with Crippen LogP contribution in [0.25, 0.3) is 6.08 Å². The Morgan fingerprint density at radius 1 is 1.47 bits per heavy atom. The monoisotopic (exact) mass is 261 g/mol. The topological polar surface area (TPSA) is 49.8 Å². The van der Waals surface area contributed by atoms with E-state index in [1.807, 2.05) is 24.3 Å². The van der Waals surface area contributed by atoms with Gasteiger partial charge in [-0.1, -0.05) is 18.2 Å². The molecular weight excluding hydrogens is 242 g/mol. The second kappa shape index (κ2) is 6.38. The van der Waals surface area contributed by atoms with Gasteiger partial charge in [0.1, 0.15) is 0 Å². The Hall–Kier alpha value is -1.81. The predicted octanol–water partition coefficient (Wildman–Crippen LogP) is 2.40. The third-order valence-electron chi connectivity index (χ3n) is 3.18. The number of carboxylic acid groups (broad SMARTS) is 1. The zero-order valence-electron chi connectivity index (χ0n) is 11.1. The second-order valence-electron chi connectivity index (χ2n) is 4.65. The maximum atomic E-state index is 10.7. The first-order valence-electron chi connectivity index (χ1n) is 6.48. The first kappa shape index (κ1) is 13.6. The van der Waals surface area contributed by atoms with Gasteiger partial charge in [0, 0.05) is 31.5 Å². The molecule has 0 amide bonds. The standard InChI is InChI=1S/C15H19NO3/c1-19-11-10-16(13-7-8-13)14-5-3-2-4-12(14)6-9-15(17)18/h2-6,9,13H,7-8,10-11H2,1H3,(H,17,18). The molecule has 0 aromatic heterocycles. The third-order valence-corrected chi connectivity index (χ3v) is 3.18. The van der Waals surface area contributed by atoms with Crippen molar-refractivity contribution in [3.63, 3.8) is 0 Å². The number of rotatable bonds is 7. The lowest BCUT2D eigenvalue weighted by molar-refractivity contribution is -0.131. The first-order valence-corrected chi connectivity index (χ1v) is 6.48. The fraction of sp³-hybridized carbons (Fsp3) is 0.400. The molecule has 0 radical (unpaired) electrons. The number of aliphatic carboxylic acids is 1. The van der Waals surface area contributed by atoms with E-state index in [1.54, 1.807) is 13.2 Å². The van der Waals surface area contributed by atoms with Crippen LogP contribution >= 0.6 is 0 Å². The number of benzene rings is 1. The van der Waals surface area contributed by atoms with Crippen LogP contribution in [0.1, 0.15) is 18.4 Å². The Morgan fingerprint density at radius 3 is 2.84 bits per heavy atom. The van der Waals surface area contributed by atoms with Gasteiger partial charge in [-0.05, 0) is 30.5 Å². The van der Waals surface area contributed by atoms with E-state index in [0.29, 0.717) is 12.6 Å². The maximum Gasteiger partial charge on any atom is 0.328 e. The van der Waals surface area contributed by atoms with Crippen molar-refractivity contribution >= 4 is 17.7 Å². The molecule has 0 heterocycles. The van der Waals surface area contributed by atoms with Gasteiger partial charge < -0.3 is 14.7 Å². The van der Waals surface area contributed by atoms with Crippen LogP contribution in [-0.2, 0) is 9.53 Å². The van der Waals surface area contributed by atoms with Gasteiger partial charge in [0.2, 0.25) is 0 Å². The largest absolute Gasteiger partial charge is 0.478 e. The average Bonchev–Trinajstić information content (AvgIpc) is 3.22. The molecule has 1 fully saturated rings. The summed E-state index contributed by atoms with van der Waals surface area (Å²) in [5.74, 6) is -0.926. The van der Waals surface area contributed by atoms with E-state index in [0.717, 1.165) is 17.8 Å². The Balaban J connectivity index is 2.22. The van der Waals surface area contributed by atoms with E-state index < -0.39 is 5.97 Å². The lowest BCUT2D eigenvalue weighted by Crippen LogP contribution is -2.30. The highest BCUT2D eigenvalue weighted by molar-refractivity contribution is 5.87. The molecule has 4 nitrogen and oxygen atoms in total. The Bertz CT molecular complexity index is 466. The van der Waals surface area contributed by atoms with Crippen LogP contribution in [0.4, 0.5) is 5.69 Å². The zero-order valence-corrected chi connectivity index (χ0v) is 11.1. The number of anilines is 1. The highest BCUT2D eigenvalue weighted by Crippen LogP contribution is 2.33. The molecule has 0 aliphatic heterocycles. The van der Waals surface area contributed by atoms with Gasteiger partial charge >= 0.3 is 5.97 Å². The van der Waals surface area contributed by atoms with Crippen LogP contribution in [0.15, 0.2) is 30.3 Å². The van der Waals surface area contributed by atoms with Gasteiger partial charge in [-0.15, -0.1) is 0 Å². The van der Waals surface area contributed by atoms with E-state index in [1.165, 1.54) is 18.9 Å². The normalized spacial score (nSPS) is 14.8. The summed E-state index contributed by atoms with van der Waals surface area (Å²) in [6, 6.07) is 8.45. The summed E-state index contributed by atoms with van der Waals surface area (Å²) in [4.78, 5) is 13.0. The minimum Gasteiger partial charge on any atom is -0.478 e. The molecule has 1 saturated carbocycles. The van der Waals surface area contributed by atoms with Crippen LogP contribution < -0.4 is 4.90 Å². The highest BCUT2D eigenvalue weighted by atomic mass is 16.5. The lowest BCUT2D eigenvalue weighted by atomic mass is 10.1. The van der Waals surface area contributed by atoms with Gasteiger partial charge in [-0.25, -0.2) is 4.79 Å². The molecule has 1 N–H and O–H groups in total. The molecule has 2 rings (SSSR count). The minimum absolute atomic E-state index is 0.564. The SMILES string of the molecule is COCCN(c1ccccc1C=CC(=O)O)C1CC1. The van der Waals surface area contributed by atoms with E-state index in [9.17, 15) is 4.79 Å². The van der Waals surface area contributed by atoms with Crippen LogP contribution in [0.5, 0.6) is 0 Å². The van der Waals surface area contributed by atoms with Gasteiger partial charge in [-0.2, -0.15) is 0 Å². The number of ether oxygens (including phenoxy) is 1. The van der Waals surface area contributed by atoms with Crippen LogP contribution in [0.3, 0.4) is 0 Å². The summed E-state index contributed by atoms with van der Waals surface area (Å²) in [6.07, 6.45) is 5.22. The molecule has 0 unspecified atom stereocenters. The fourth-order valence-corrected chi connectivity index (χ4v) is 2.13. The first-order chi connectivity index (χ1) is 9.22. The van der Waals surface area contributed by atoms with E-state index in [2.05, 4.69) is 4.90 Å². The fourth-order valence-electron chi connectivity index (χ4n) is 2.13. The molecule has 1 aromatic rings. The molecule has 102 valence electrons. The molecule has 1 aliphatic rings. The number of hydrogen-bond acceptors (Lipinski definition) is 3. The van der Waals surface area contributed by atoms with Crippen LogP contribution in [0, 0.1) is 0 Å². The van der Waals surface area contributed by atoms with Crippen molar-refractivity contribution in [3.8, 4) is 0 Å². The van der Waals surface area contributed by atoms with Crippen LogP contribution in [-0.4, -0.2) is 37.4 Å². The maximum absolute atomic E-state index is 10.7. The molecule has 0 saturated heterocycles. The third kappa shape index (κ3) is 3.83. The molecule has 0 atom stereocenters. The molecule has 19 heavy (non-hydrogen) atoms. The molecule has 0 bridgehead atoms. The van der Waals surface area contributed by atoms with Gasteiger partial charge in [0.05, 0.1) is 6.61 Å². The number of para-hydroxylation sites is 1. The Morgan fingerprint density at radius 2 is 2.21 bits per heavy atom. The van der Waals surface area contributed by atoms with Crippen molar-refractivity contribution in [2.45, 2.75) is 18.9 Å². The number of nitrogens with zero attached hydrogens (tertiary/aromatic N) is 1. The van der Waals surface area contributed by atoms with Crippen LogP contribution in [0.2, 0.25) is 0 Å². The van der Waals surface area contributed by atoms with Gasteiger partial charge in [0.15, 0.2) is 0 Å². The van der Waals surface area contributed by atoms with Crippen molar-refractivity contribution in [2.24, 2.45) is 0 Å². The lowest BCUT2D eigenvalue weighted by Gasteiger charge is -2.26. The summed E-state index contributed by atoms with van der Waals surface area (Å²) in [6.45, 7) is 1.51. The van der Waals surface area contributed by atoms with Gasteiger partial charge in [0.25, 0.3) is 0 Å². The van der Waals surface area contributed by atoms with Gasteiger partial charge in [-0.3, -0.25) is 0 Å². The number of methoxy groups -OCH3 is 1.